The maximum absolute atomic E-state index is 4.02. The summed E-state index contributed by atoms with van der Waals surface area (Å²) < 4.78 is 0. The van der Waals surface area contributed by atoms with Crippen molar-refractivity contribution in [2.75, 3.05) is 0 Å². The van der Waals surface area contributed by atoms with E-state index in [1.807, 2.05) is 0 Å². The molecule has 0 spiro atoms. The molecule has 0 aliphatic carbocycles. The average Bonchev–Trinajstić information content (AvgIpc) is 2.15. The maximum Gasteiger partial charge on any atom is 0.156 e. The van der Waals surface area contributed by atoms with E-state index in [9.17, 15) is 0 Å². The van der Waals surface area contributed by atoms with E-state index in [2.05, 4.69) is 15.5 Å². The van der Waals surface area contributed by atoms with E-state index in [-0.39, 0.29) is 0 Å². The Labute approximate surface area is 53.8 Å². The molecule has 0 bridgehead atoms. The van der Waals surface area contributed by atoms with Crippen molar-refractivity contribution in [1.29, 1.82) is 0 Å². The second kappa shape index (κ2) is 1.50. The number of rotatable bonds is 0. The first-order valence-electron chi connectivity index (χ1n) is 2.03. The first-order chi connectivity index (χ1) is 3.97. The van der Waals surface area contributed by atoms with Crippen molar-refractivity contribution in [2.45, 2.75) is 0 Å². The van der Waals surface area contributed by atoms with Crippen LogP contribution in [0.15, 0.2) is 5.51 Å². The highest BCUT2D eigenvalue weighted by atomic mass is 32.1. The molecule has 0 unspecified atom stereocenters. The Kier molecular flexibility index (Phi) is 0.824. The third kappa shape index (κ3) is 0.468. The van der Waals surface area contributed by atoms with Crippen LogP contribution in [-0.4, -0.2) is 9.97 Å². The summed E-state index contributed by atoms with van der Waals surface area (Å²) in [5.74, 6) is 0. The summed E-state index contributed by atoms with van der Waals surface area (Å²) in [6.45, 7) is 0. The van der Waals surface area contributed by atoms with Gasteiger partial charge in [-0.2, -0.15) is 0 Å². The van der Waals surface area contributed by atoms with Crippen LogP contribution in [0.4, 0.5) is 0 Å². The molecule has 2 aromatic rings. The molecule has 2 rings (SSSR count). The van der Waals surface area contributed by atoms with Gasteiger partial charge >= 0.3 is 0 Å². The fourth-order valence-electron chi connectivity index (χ4n) is 0.481. The van der Waals surface area contributed by atoms with E-state index < -0.39 is 0 Å². The summed E-state index contributed by atoms with van der Waals surface area (Å²) in [6, 6.07) is 0. The van der Waals surface area contributed by atoms with Crippen molar-refractivity contribution in [3.8, 4) is 0 Å². The fourth-order valence-corrected chi connectivity index (χ4v) is 1.85. The standard InChI is InChI=1S/C4HN2S2/c1-5-3-4(7-1)6-2-8-3/h1H. The molecule has 0 atom stereocenters. The van der Waals surface area contributed by atoms with Gasteiger partial charge in [0.25, 0.3) is 0 Å². The quantitative estimate of drug-likeness (QED) is 0.556. The summed E-state index contributed by atoms with van der Waals surface area (Å²) in [7, 11) is 0. The summed E-state index contributed by atoms with van der Waals surface area (Å²) in [4.78, 5) is 9.94. The van der Waals surface area contributed by atoms with Gasteiger partial charge in [-0.05, 0) is 0 Å². The van der Waals surface area contributed by atoms with Gasteiger partial charge in [0.15, 0.2) is 15.2 Å². The SMILES string of the molecule is [c]1nc2scnc2s1. The molecule has 2 heterocycles. The minimum atomic E-state index is 0.995. The van der Waals surface area contributed by atoms with E-state index >= 15 is 0 Å². The van der Waals surface area contributed by atoms with E-state index in [1.54, 1.807) is 16.8 Å². The van der Waals surface area contributed by atoms with Gasteiger partial charge in [0.05, 0.1) is 5.51 Å². The van der Waals surface area contributed by atoms with Gasteiger partial charge in [-0.15, -0.1) is 11.3 Å². The largest absolute Gasteiger partial charge is 0.232 e. The summed E-state index contributed by atoms with van der Waals surface area (Å²) >= 11 is 3.01. The Morgan fingerprint density at radius 3 is 3.38 bits per heavy atom. The van der Waals surface area contributed by atoms with E-state index in [1.165, 1.54) is 11.3 Å². The summed E-state index contributed by atoms with van der Waals surface area (Å²) in [5, 5.41) is 0. The highest BCUT2D eigenvalue weighted by Gasteiger charge is 1.95. The Morgan fingerprint density at radius 2 is 2.50 bits per heavy atom. The Hall–Kier alpha value is -0.480. The summed E-state index contributed by atoms with van der Waals surface area (Å²) in [5.41, 5.74) is 4.55. The molecule has 2 nitrogen and oxygen atoms in total. The van der Waals surface area contributed by atoms with Gasteiger partial charge in [-0.1, -0.05) is 11.3 Å². The fraction of sp³-hybridized carbons (Fsp3) is 0. The van der Waals surface area contributed by atoms with Crippen LogP contribution in [-0.2, 0) is 0 Å². The van der Waals surface area contributed by atoms with Crippen LogP contribution >= 0.6 is 22.7 Å². The zero-order valence-electron chi connectivity index (χ0n) is 3.79. The van der Waals surface area contributed by atoms with Crippen molar-refractivity contribution in [3.05, 3.63) is 11.0 Å². The van der Waals surface area contributed by atoms with Crippen molar-refractivity contribution >= 4 is 32.3 Å². The Balaban J connectivity index is 3.06. The molecule has 0 saturated heterocycles. The van der Waals surface area contributed by atoms with Crippen LogP contribution in [0.1, 0.15) is 0 Å². The predicted octanol–water partition coefficient (Wildman–Crippen LogP) is 1.55. The van der Waals surface area contributed by atoms with Gasteiger partial charge in [-0.3, -0.25) is 0 Å². The molecule has 4 heteroatoms. The van der Waals surface area contributed by atoms with Crippen LogP contribution in [0.5, 0.6) is 0 Å². The molecule has 39 valence electrons. The molecule has 0 N–H and O–H groups in total. The molecule has 0 aliphatic heterocycles. The third-order valence-corrected chi connectivity index (χ3v) is 2.33. The Morgan fingerprint density at radius 1 is 1.50 bits per heavy atom. The van der Waals surface area contributed by atoms with Gasteiger partial charge in [0, 0.05) is 0 Å². The van der Waals surface area contributed by atoms with Crippen LogP contribution in [0.3, 0.4) is 0 Å². The van der Waals surface area contributed by atoms with Gasteiger partial charge < -0.3 is 0 Å². The summed E-state index contributed by atoms with van der Waals surface area (Å²) in [6.07, 6.45) is 0. The monoisotopic (exact) mass is 141 g/mol. The van der Waals surface area contributed by atoms with Gasteiger partial charge in [0.2, 0.25) is 0 Å². The molecule has 0 saturated carbocycles. The first-order valence-corrected chi connectivity index (χ1v) is 3.72. The van der Waals surface area contributed by atoms with Crippen molar-refractivity contribution in [3.63, 3.8) is 0 Å². The lowest BCUT2D eigenvalue weighted by molar-refractivity contribution is 1.50. The molecular formula is C4HN2S2. The highest BCUT2D eigenvalue weighted by Crippen LogP contribution is 2.17. The molecule has 0 aliphatic rings. The first kappa shape index (κ1) is 4.40. The highest BCUT2D eigenvalue weighted by molar-refractivity contribution is 7.24. The second-order valence-corrected chi connectivity index (χ2v) is 2.87. The number of hydrogen-bond acceptors (Lipinski definition) is 4. The number of hydrogen-bond donors (Lipinski definition) is 0. The zero-order valence-corrected chi connectivity index (χ0v) is 5.42. The number of aromatic nitrogens is 2. The molecule has 0 amide bonds. The van der Waals surface area contributed by atoms with Crippen LogP contribution in [0, 0.1) is 5.51 Å². The number of fused-ring (bicyclic) bond motifs is 1. The number of nitrogens with zero attached hydrogens (tertiary/aromatic N) is 2. The van der Waals surface area contributed by atoms with Crippen molar-refractivity contribution in [1.82, 2.24) is 9.97 Å². The molecule has 0 fully saturated rings. The predicted molar refractivity (Wildman–Crippen MR) is 34.1 cm³/mol. The van der Waals surface area contributed by atoms with Crippen LogP contribution in [0.25, 0.3) is 9.66 Å². The molecule has 1 radical (unpaired) electrons. The van der Waals surface area contributed by atoms with Crippen molar-refractivity contribution < 1.29 is 0 Å². The van der Waals surface area contributed by atoms with Crippen molar-refractivity contribution in [2.24, 2.45) is 0 Å². The normalized spacial score (nSPS) is 10.5. The Bertz CT molecular complexity index is 233. The van der Waals surface area contributed by atoms with E-state index in [0.29, 0.717) is 0 Å². The lowest BCUT2D eigenvalue weighted by Crippen LogP contribution is -1.49. The molecule has 0 aromatic carbocycles. The third-order valence-electron chi connectivity index (χ3n) is 0.807. The molecular weight excluding hydrogens is 140 g/mol. The molecule has 2 aromatic heterocycles. The van der Waals surface area contributed by atoms with E-state index in [0.717, 1.165) is 9.66 Å². The molecule has 8 heavy (non-hydrogen) atoms. The van der Waals surface area contributed by atoms with E-state index in [4.69, 9.17) is 0 Å². The van der Waals surface area contributed by atoms with Crippen LogP contribution in [0.2, 0.25) is 0 Å². The average molecular weight is 141 g/mol. The van der Waals surface area contributed by atoms with Crippen LogP contribution < -0.4 is 0 Å². The minimum absolute atomic E-state index is 0.995. The van der Waals surface area contributed by atoms with Gasteiger partial charge in [-0.25, -0.2) is 9.97 Å². The van der Waals surface area contributed by atoms with Gasteiger partial charge in [0.1, 0.15) is 0 Å². The maximum atomic E-state index is 4.02. The zero-order chi connectivity index (χ0) is 5.40. The number of thiazole rings is 2. The lowest BCUT2D eigenvalue weighted by Gasteiger charge is -1.59. The topological polar surface area (TPSA) is 25.8 Å². The minimum Gasteiger partial charge on any atom is -0.232 e. The lowest BCUT2D eigenvalue weighted by atomic mass is 10.9. The second-order valence-electron chi connectivity index (χ2n) is 1.27. The smallest absolute Gasteiger partial charge is 0.156 e.